The van der Waals surface area contributed by atoms with Gasteiger partial charge in [0.15, 0.2) is 0 Å². The van der Waals surface area contributed by atoms with Crippen LogP contribution in [0.2, 0.25) is 0 Å². The number of rotatable bonds is 2. The van der Waals surface area contributed by atoms with Crippen LogP contribution in [0.1, 0.15) is 13.8 Å². The first-order valence-corrected chi connectivity index (χ1v) is 2.99. The highest BCUT2D eigenvalue weighted by molar-refractivity contribution is 5.78. The van der Waals surface area contributed by atoms with Gasteiger partial charge >= 0.3 is 0 Å². The van der Waals surface area contributed by atoms with Gasteiger partial charge in [-0.05, 0) is 19.4 Å². The second kappa shape index (κ2) is 4.13. The van der Waals surface area contributed by atoms with Gasteiger partial charge in [-0.1, -0.05) is 0 Å². The van der Waals surface area contributed by atoms with E-state index in [9.17, 15) is 0 Å². The highest BCUT2D eigenvalue weighted by Crippen LogP contribution is 1.93. The molecular weight excluding hydrogens is 112 g/mol. The maximum atomic E-state index is 3.88. The fourth-order valence-corrected chi connectivity index (χ4v) is 0.488. The molecule has 52 valence electrons. The summed E-state index contributed by atoms with van der Waals surface area (Å²) < 4.78 is 0. The van der Waals surface area contributed by atoms with Crippen LogP contribution in [0.15, 0.2) is 16.3 Å². The van der Waals surface area contributed by atoms with Crippen LogP contribution in [0.3, 0.4) is 0 Å². The van der Waals surface area contributed by atoms with Crippen LogP contribution < -0.4 is 5.32 Å². The van der Waals surface area contributed by atoms with Gasteiger partial charge in [0.2, 0.25) is 0 Å². The van der Waals surface area contributed by atoms with Gasteiger partial charge in [0, 0.05) is 26.0 Å². The quantitative estimate of drug-likeness (QED) is 0.552. The lowest BCUT2D eigenvalue weighted by Gasteiger charge is -1.99. The van der Waals surface area contributed by atoms with Crippen LogP contribution >= 0.6 is 0 Å². The zero-order chi connectivity index (χ0) is 7.28. The lowest BCUT2D eigenvalue weighted by Crippen LogP contribution is -2.04. The number of nitrogens with zero attached hydrogens (tertiary/aromatic N) is 1. The second-order valence-electron chi connectivity index (χ2n) is 1.95. The molecule has 0 unspecified atom stereocenters. The van der Waals surface area contributed by atoms with Gasteiger partial charge < -0.3 is 5.32 Å². The number of nitrogens with one attached hydrogen (secondary N) is 1. The monoisotopic (exact) mass is 126 g/mol. The molecule has 0 amide bonds. The second-order valence-corrected chi connectivity index (χ2v) is 1.95. The van der Waals surface area contributed by atoms with Crippen LogP contribution in [0.25, 0.3) is 0 Å². The van der Waals surface area contributed by atoms with Gasteiger partial charge in [0.05, 0.1) is 0 Å². The van der Waals surface area contributed by atoms with E-state index >= 15 is 0 Å². The number of aliphatic imine (C=N–C) groups is 1. The summed E-state index contributed by atoms with van der Waals surface area (Å²) in [6.45, 7) is 4.05. The van der Waals surface area contributed by atoms with E-state index in [-0.39, 0.29) is 0 Å². The summed E-state index contributed by atoms with van der Waals surface area (Å²) >= 11 is 0. The Kier molecular flexibility index (Phi) is 3.76. The molecule has 0 bridgehead atoms. The van der Waals surface area contributed by atoms with Crippen LogP contribution in [0, 0.1) is 0 Å². The molecule has 2 nitrogen and oxygen atoms in total. The molecule has 0 fully saturated rings. The molecule has 0 saturated heterocycles. The normalized spacial score (nSPS) is 13.8. The van der Waals surface area contributed by atoms with Crippen molar-refractivity contribution in [1.29, 1.82) is 0 Å². The van der Waals surface area contributed by atoms with Gasteiger partial charge in [-0.15, -0.1) is 0 Å². The van der Waals surface area contributed by atoms with Crippen molar-refractivity contribution in [2.24, 2.45) is 4.99 Å². The van der Waals surface area contributed by atoms with Crippen LogP contribution in [-0.2, 0) is 0 Å². The molecule has 0 aliphatic rings. The lowest BCUT2D eigenvalue weighted by atomic mass is 10.3. The zero-order valence-corrected chi connectivity index (χ0v) is 6.52. The number of allylic oxidation sites excluding steroid dienone is 2. The minimum absolute atomic E-state index is 1.17. The average molecular weight is 126 g/mol. The summed E-state index contributed by atoms with van der Waals surface area (Å²) in [6.07, 6.45) is 1.84. The minimum atomic E-state index is 1.17. The summed E-state index contributed by atoms with van der Waals surface area (Å²) in [5, 5.41) is 3.04. The Morgan fingerprint density at radius 1 is 1.44 bits per heavy atom. The number of hydrogen-bond acceptors (Lipinski definition) is 2. The van der Waals surface area contributed by atoms with E-state index in [1.54, 1.807) is 7.05 Å². The fourth-order valence-electron chi connectivity index (χ4n) is 0.488. The lowest BCUT2D eigenvalue weighted by molar-refractivity contribution is 0.975. The summed E-state index contributed by atoms with van der Waals surface area (Å²) in [5.74, 6) is 0. The molecule has 0 aromatic heterocycles. The van der Waals surface area contributed by atoms with Crippen LogP contribution in [0.4, 0.5) is 0 Å². The van der Waals surface area contributed by atoms with E-state index in [2.05, 4.69) is 10.3 Å². The summed E-state index contributed by atoms with van der Waals surface area (Å²) in [7, 11) is 3.68. The summed E-state index contributed by atoms with van der Waals surface area (Å²) in [5.41, 5.74) is 2.35. The van der Waals surface area contributed by atoms with Crippen molar-refractivity contribution in [2.45, 2.75) is 13.8 Å². The third-order valence-corrected chi connectivity index (χ3v) is 1.29. The van der Waals surface area contributed by atoms with E-state index in [0.717, 1.165) is 0 Å². The first-order valence-electron chi connectivity index (χ1n) is 2.99. The molecule has 0 aromatic carbocycles. The molecular formula is C7H14N2. The van der Waals surface area contributed by atoms with Gasteiger partial charge in [-0.2, -0.15) is 0 Å². The third-order valence-electron chi connectivity index (χ3n) is 1.29. The van der Waals surface area contributed by atoms with Gasteiger partial charge in [0.1, 0.15) is 0 Å². The largest absolute Gasteiger partial charge is 0.391 e. The van der Waals surface area contributed by atoms with Crippen molar-refractivity contribution in [2.75, 3.05) is 14.1 Å². The molecule has 0 aliphatic heterocycles. The first kappa shape index (κ1) is 8.21. The van der Waals surface area contributed by atoms with Crippen molar-refractivity contribution in [1.82, 2.24) is 5.32 Å². The van der Waals surface area contributed by atoms with E-state index in [4.69, 9.17) is 0 Å². The molecule has 9 heavy (non-hydrogen) atoms. The SMILES string of the molecule is CN=C/C(C)=C(/C)NC. The van der Waals surface area contributed by atoms with Crippen LogP contribution in [0.5, 0.6) is 0 Å². The average Bonchev–Trinajstić information content (AvgIpc) is 1.87. The van der Waals surface area contributed by atoms with E-state index in [1.807, 2.05) is 27.1 Å². The number of hydrogen-bond donors (Lipinski definition) is 1. The third kappa shape index (κ3) is 2.90. The predicted octanol–water partition coefficient (Wildman–Crippen LogP) is 1.20. The zero-order valence-electron chi connectivity index (χ0n) is 6.52. The van der Waals surface area contributed by atoms with Crippen molar-refractivity contribution < 1.29 is 0 Å². The molecule has 0 aliphatic carbocycles. The molecule has 0 heterocycles. The van der Waals surface area contributed by atoms with Crippen LogP contribution in [-0.4, -0.2) is 20.3 Å². The summed E-state index contributed by atoms with van der Waals surface area (Å²) in [4.78, 5) is 3.88. The molecule has 0 aromatic rings. The van der Waals surface area contributed by atoms with Crippen molar-refractivity contribution in [3.8, 4) is 0 Å². The van der Waals surface area contributed by atoms with E-state index in [0.29, 0.717) is 0 Å². The van der Waals surface area contributed by atoms with Gasteiger partial charge in [-0.3, -0.25) is 4.99 Å². The smallest absolute Gasteiger partial charge is 0.0277 e. The maximum absolute atomic E-state index is 3.88. The fraction of sp³-hybridized carbons (Fsp3) is 0.571. The molecule has 2 heteroatoms. The molecule has 0 spiro atoms. The first-order chi connectivity index (χ1) is 4.22. The Labute approximate surface area is 56.7 Å². The van der Waals surface area contributed by atoms with Crippen molar-refractivity contribution in [3.05, 3.63) is 11.3 Å². The Bertz CT molecular complexity index is 134. The topological polar surface area (TPSA) is 24.4 Å². The Morgan fingerprint density at radius 3 is 2.33 bits per heavy atom. The highest BCUT2D eigenvalue weighted by atomic mass is 14.8. The molecule has 0 rings (SSSR count). The summed E-state index contributed by atoms with van der Waals surface area (Å²) in [6, 6.07) is 0. The molecule has 0 atom stereocenters. The van der Waals surface area contributed by atoms with Crippen molar-refractivity contribution >= 4 is 6.21 Å². The Hall–Kier alpha value is -0.790. The minimum Gasteiger partial charge on any atom is -0.391 e. The van der Waals surface area contributed by atoms with E-state index in [1.165, 1.54) is 11.3 Å². The van der Waals surface area contributed by atoms with Gasteiger partial charge in [-0.25, -0.2) is 0 Å². The van der Waals surface area contributed by atoms with E-state index < -0.39 is 0 Å². The maximum Gasteiger partial charge on any atom is 0.0277 e. The molecule has 0 saturated carbocycles. The standard InChI is InChI=1S/C7H14N2/c1-6(5-8-3)7(2)9-4/h5,9H,1-4H3/b7-6-,8-5?. The Morgan fingerprint density at radius 2 is 2.00 bits per heavy atom. The predicted molar refractivity (Wildman–Crippen MR) is 41.8 cm³/mol. The Balaban J connectivity index is 4.10. The molecule has 0 radical (unpaired) electrons. The van der Waals surface area contributed by atoms with Gasteiger partial charge in [0.25, 0.3) is 0 Å². The highest BCUT2D eigenvalue weighted by Gasteiger charge is 1.86. The van der Waals surface area contributed by atoms with Crippen molar-refractivity contribution in [3.63, 3.8) is 0 Å². The molecule has 1 N–H and O–H groups in total.